The van der Waals surface area contributed by atoms with Gasteiger partial charge in [-0.25, -0.2) is 0 Å². The molecule has 0 amide bonds. The summed E-state index contributed by atoms with van der Waals surface area (Å²) < 4.78 is 13.9. The van der Waals surface area contributed by atoms with Crippen LogP contribution in [-0.4, -0.2) is 4.57 Å². The van der Waals surface area contributed by atoms with Gasteiger partial charge in [0.05, 0.1) is 23.6 Å². The Morgan fingerprint density at radius 3 is 2.24 bits per heavy atom. The van der Waals surface area contributed by atoms with Crippen LogP contribution in [0.1, 0.15) is 29.5 Å². The molecule has 0 saturated carbocycles. The summed E-state index contributed by atoms with van der Waals surface area (Å²) >= 11 is 3.81. The number of ether oxygens (including phenoxy) is 1. The number of para-hydroxylation sites is 1. The Hall–Kier alpha value is -5.94. The molecule has 10 aromatic rings. The van der Waals surface area contributed by atoms with E-state index in [1.807, 2.05) is 35.2 Å². The predicted molar refractivity (Wildman–Crippen MR) is 236 cm³/mol. The zero-order chi connectivity index (χ0) is 36.2. The first-order valence-corrected chi connectivity index (χ1v) is 20.8. The van der Waals surface area contributed by atoms with E-state index in [-0.39, 0.29) is 5.92 Å². The maximum absolute atomic E-state index is 5.97. The van der Waals surface area contributed by atoms with Crippen LogP contribution in [-0.2, 0) is 11.2 Å². The lowest BCUT2D eigenvalue weighted by molar-refractivity contribution is 0.337. The van der Waals surface area contributed by atoms with Crippen molar-refractivity contribution in [1.29, 1.82) is 0 Å². The minimum Gasteiger partial charge on any atom is -0.473 e. The minimum atomic E-state index is 0.275. The van der Waals surface area contributed by atoms with Crippen LogP contribution in [0.5, 0.6) is 0 Å². The SMILES string of the molecule is CC(c1cccc2c1sc1ccccc12)C1Cc2ccc(-c3cccc4c3c3ccccc3n4-c3ccc4sc5ccccc5c4c3)cc2C2=COC=CC21. The first-order valence-electron chi connectivity index (χ1n) is 19.2. The second-order valence-corrected chi connectivity index (χ2v) is 17.4. The fourth-order valence-electron chi connectivity index (χ4n) is 9.85. The van der Waals surface area contributed by atoms with Crippen LogP contribution < -0.4 is 0 Å². The first kappa shape index (κ1) is 31.4. The molecule has 0 spiro atoms. The standard InChI is InChI=1S/C51H35NOS2/c1-30(34-13-8-15-39-37-10-3-7-19-48(37)55-51(34)39)41-26-32-21-20-31(27-42(32)44-29-53-25-24-36(41)44)35-14-9-17-46-50(35)40-12-2-5-16-45(40)52(46)33-22-23-49-43(28-33)38-11-4-6-18-47(38)54-49/h2-25,27-30,36,41H,26H2,1H3. The summed E-state index contributed by atoms with van der Waals surface area (Å²) in [7, 11) is 0. The molecule has 3 atom stereocenters. The van der Waals surface area contributed by atoms with Gasteiger partial charge in [0.25, 0.3) is 0 Å². The number of aromatic nitrogens is 1. The van der Waals surface area contributed by atoms with E-state index in [1.165, 1.54) is 101 Å². The molecule has 2 aliphatic rings. The van der Waals surface area contributed by atoms with Crippen LogP contribution in [0.3, 0.4) is 0 Å². The number of rotatable bonds is 4. The molecule has 0 saturated heterocycles. The van der Waals surface area contributed by atoms with Crippen molar-refractivity contribution < 1.29 is 4.74 Å². The average Bonchev–Trinajstić information content (AvgIpc) is 3.92. The van der Waals surface area contributed by atoms with Crippen molar-refractivity contribution in [3.05, 3.63) is 181 Å². The molecule has 3 aromatic heterocycles. The van der Waals surface area contributed by atoms with E-state index >= 15 is 0 Å². The summed E-state index contributed by atoms with van der Waals surface area (Å²) in [6.07, 6.45) is 7.24. The highest BCUT2D eigenvalue weighted by molar-refractivity contribution is 7.26. The number of thiophene rings is 2. The monoisotopic (exact) mass is 741 g/mol. The largest absolute Gasteiger partial charge is 0.473 e. The summed E-state index contributed by atoms with van der Waals surface area (Å²) in [5.74, 6) is 1.06. The zero-order valence-corrected chi connectivity index (χ0v) is 31.8. The van der Waals surface area contributed by atoms with E-state index in [0.717, 1.165) is 6.42 Å². The molecule has 4 heteroatoms. The van der Waals surface area contributed by atoms with Crippen molar-refractivity contribution >= 4 is 90.4 Å². The molecule has 1 aliphatic carbocycles. The quantitative estimate of drug-likeness (QED) is 0.175. The van der Waals surface area contributed by atoms with E-state index in [4.69, 9.17) is 4.74 Å². The Kier molecular flexibility index (Phi) is 6.87. The molecule has 1 aliphatic heterocycles. The van der Waals surface area contributed by atoms with Crippen molar-refractivity contribution in [3.8, 4) is 16.8 Å². The van der Waals surface area contributed by atoms with E-state index in [1.54, 1.807) is 0 Å². The van der Waals surface area contributed by atoms with Gasteiger partial charge in [0, 0.05) is 68.3 Å². The summed E-state index contributed by atoms with van der Waals surface area (Å²) in [5.41, 5.74) is 11.6. The summed E-state index contributed by atoms with van der Waals surface area (Å²) in [6, 6.07) is 54.4. The van der Waals surface area contributed by atoms with E-state index < -0.39 is 0 Å². The highest BCUT2D eigenvalue weighted by Gasteiger charge is 2.37. The summed E-state index contributed by atoms with van der Waals surface area (Å²) in [6.45, 7) is 2.44. The van der Waals surface area contributed by atoms with E-state index in [2.05, 4.69) is 163 Å². The maximum Gasteiger partial charge on any atom is 0.0945 e. The lowest BCUT2D eigenvalue weighted by Gasteiger charge is -2.38. The molecule has 55 heavy (non-hydrogen) atoms. The molecule has 0 N–H and O–H groups in total. The van der Waals surface area contributed by atoms with Crippen molar-refractivity contribution in [3.63, 3.8) is 0 Å². The third-order valence-electron chi connectivity index (χ3n) is 12.5. The Labute approximate surface area is 326 Å². The van der Waals surface area contributed by atoms with Crippen molar-refractivity contribution in [2.45, 2.75) is 19.3 Å². The molecule has 0 bridgehead atoms. The second-order valence-electron chi connectivity index (χ2n) is 15.2. The van der Waals surface area contributed by atoms with Gasteiger partial charge in [0.15, 0.2) is 0 Å². The van der Waals surface area contributed by atoms with E-state index in [0.29, 0.717) is 11.8 Å². The zero-order valence-electron chi connectivity index (χ0n) is 30.2. The van der Waals surface area contributed by atoms with Gasteiger partial charge in [0.1, 0.15) is 0 Å². The number of allylic oxidation sites excluding steroid dienone is 2. The second kappa shape index (κ2) is 12.0. The molecule has 0 fully saturated rings. The van der Waals surface area contributed by atoms with Gasteiger partial charge in [-0.3, -0.25) is 0 Å². The molecule has 262 valence electrons. The normalized spacial score (nSPS) is 17.2. The third-order valence-corrected chi connectivity index (χ3v) is 14.8. The van der Waals surface area contributed by atoms with Gasteiger partial charge in [0.2, 0.25) is 0 Å². The van der Waals surface area contributed by atoms with Crippen LogP contribution in [0.25, 0.3) is 84.5 Å². The van der Waals surface area contributed by atoms with Crippen molar-refractivity contribution in [1.82, 2.24) is 4.57 Å². The molecule has 12 rings (SSSR count). The topological polar surface area (TPSA) is 14.2 Å². The number of hydrogen-bond donors (Lipinski definition) is 0. The van der Waals surface area contributed by atoms with Crippen LogP contribution in [0.4, 0.5) is 0 Å². The van der Waals surface area contributed by atoms with Crippen molar-refractivity contribution in [2.24, 2.45) is 11.8 Å². The predicted octanol–water partition coefficient (Wildman–Crippen LogP) is 14.7. The number of hydrogen-bond acceptors (Lipinski definition) is 3. The number of fused-ring (bicyclic) bond motifs is 12. The van der Waals surface area contributed by atoms with Gasteiger partial charge in [-0.15, -0.1) is 22.7 Å². The van der Waals surface area contributed by atoms with Crippen LogP contribution >= 0.6 is 22.7 Å². The fraction of sp³-hybridized carbons (Fsp3) is 0.0980. The van der Waals surface area contributed by atoms with Gasteiger partial charge < -0.3 is 9.30 Å². The fourth-order valence-corrected chi connectivity index (χ4v) is 12.3. The van der Waals surface area contributed by atoms with Gasteiger partial charge in [-0.05, 0) is 101 Å². The minimum absolute atomic E-state index is 0.275. The molecule has 4 heterocycles. The Balaban J connectivity index is 0.983. The Morgan fingerprint density at radius 1 is 0.618 bits per heavy atom. The van der Waals surface area contributed by atoms with Gasteiger partial charge in [-0.2, -0.15) is 0 Å². The molecular formula is C51H35NOS2. The van der Waals surface area contributed by atoms with Crippen molar-refractivity contribution in [2.75, 3.05) is 0 Å². The number of benzene rings is 7. The lowest BCUT2D eigenvalue weighted by Crippen LogP contribution is -2.28. The molecular weight excluding hydrogens is 707 g/mol. The maximum atomic E-state index is 5.97. The Bertz CT molecular complexity index is 3260. The highest BCUT2D eigenvalue weighted by atomic mass is 32.1. The van der Waals surface area contributed by atoms with E-state index in [9.17, 15) is 0 Å². The lowest BCUT2D eigenvalue weighted by atomic mass is 9.66. The van der Waals surface area contributed by atoms with Gasteiger partial charge >= 0.3 is 0 Å². The molecule has 0 radical (unpaired) electrons. The van der Waals surface area contributed by atoms with Gasteiger partial charge in [-0.1, -0.05) is 104 Å². The summed E-state index contributed by atoms with van der Waals surface area (Å²) in [5, 5.41) is 7.93. The smallest absolute Gasteiger partial charge is 0.0945 e. The molecule has 2 nitrogen and oxygen atoms in total. The number of nitrogens with zero attached hydrogens (tertiary/aromatic N) is 1. The summed E-state index contributed by atoms with van der Waals surface area (Å²) in [4.78, 5) is 0. The molecule has 3 unspecified atom stereocenters. The third kappa shape index (κ3) is 4.65. The average molecular weight is 742 g/mol. The van der Waals surface area contributed by atoms with Crippen LogP contribution in [0, 0.1) is 11.8 Å². The van der Waals surface area contributed by atoms with Crippen LogP contribution in [0.15, 0.2) is 164 Å². The highest BCUT2D eigenvalue weighted by Crippen LogP contribution is 2.50. The first-order chi connectivity index (χ1) is 27.2. The Morgan fingerprint density at radius 2 is 1.35 bits per heavy atom. The molecule has 7 aromatic carbocycles. The van der Waals surface area contributed by atoms with Crippen LogP contribution in [0.2, 0.25) is 0 Å².